The minimum atomic E-state index is 0.0633. The number of hydrogen-bond donors (Lipinski definition) is 1. The Hall–Kier alpha value is -2.66. The molecule has 1 fully saturated rings. The third kappa shape index (κ3) is 3.22. The maximum Gasteiger partial charge on any atom is 0.235 e. The van der Waals surface area contributed by atoms with Crippen LogP contribution in [-0.2, 0) is 6.42 Å². The van der Waals surface area contributed by atoms with E-state index in [1.165, 1.54) is 5.56 Å². The highest BCUT2D eigenvalue weighted by molar-refractivity contribution is 5.93. The highest BCUT2D eigenvalue weighted by Crippen LogP contribution is 2.32. The van der Waals surface area contributed by atoms with Gasteiger partial charge in [-0.25, -0.2) is 0 Å². The van der Waals surface area contributed by atoms with Crippen molar-refractivity contribution in [2.45, 2.75) is 25.2 Å². The zero-order valence-electron chi connectivity index (χ0n) is 14.9. The summed E-state index contributed by atoms with van der Waals surface area (Å²) in [5.41, 5.74) is 4.04. The van der Waals surface area contributed by atoms with E-state index in [0.29, 0.717) is 12.3 Å². The fourth-order valence-electron chi connectivity index (χ4n) is 3.72. The van der Waals surface area contributed by atoms with Crippen molar-refractivity contribution in [2.24, 2.45) is 0 Å². The van der Waals surface area contributed by atoms with Crippen LogP contribution in [-0.4, -0.2) is 35.7 Å². The van der Waals surface area contributed by atoms with E-state index in [1.54, 1.807) is 11.7 Å². The van der Waals surface area contributed by atoms with Crippen LogP contribution in [0.2, 0.25) is 0 Å². The molecule has 0 aliphatic carbocycles. The van der Waals surface area contributed by atoms with Gasteiger partial charge >= 0.3 is 0 Å². The van der Waals surface area contributed by atoms with E-state index < -0.39 is 0 Å². The molecule has 0 saturated carbocycles. The number of rotatable bonds is 4. The summed E-state index contributed by atoms with van der Waals surface area (Å²) >= 11 is 0. The monoisotopic (exact) mass is 349 g/mol. The average molecular weight is 349 g/mol. The van der Waals surface area contributed by atoms with E-state index >= 15 is 0 Å². The van der Waals surface area contributed by atoms with Crippen molar-refractivity contribution in [3.63, 3.8) is 0 Å². The van der Waals surface area contributed by atoms with E-state index in [-0.39, 0.29) is 5.91 Å². The summed E-state index contributed by atoms with van der Waals surface area (Å²) in [5.74, 6) is 1.32. The summed E-state index contributed by atoms with van der Waals surface area (Å²) in [6, 6.07) is 11.5. The summed E-state index contributed by atoms with van der Waals surface area (Å²) in [5, 5.41) is 3.40. The number of fused-ring (bicyclic) bond motifs is 1. The van der Waals surface area contributed by atoms with Crippen molar-refractivity contribution in [3.8, 4) is 5.75 Å². The van der Waals surface area contributed by atoms with E-state index in [2.05, 4.69) is 10.3 Å². The minimum Gasteiger partial charge on any atom is -0.497 e. The first-order valence-electron chi connectivity index (χ1n) is 9.09. The van der Waals surface area contributed by atoms with Gasteiger partial charge < -0.3 is 10.1 Å². The quantitative estimate of drug-likeness (QED) is 0.784. The third-order valence-electron chi connectivity index (χ3n) is 5.15. The molecule has 5 nitrogen and oxygen atoms in total. The first kappa shape index (κ1) is 16.8. The van der Waals surface area contributed by atoms with Crippen LogP contribution in [0.3, 0.4) is 0 Å². The highest BCUT2D eigenvalue weighted by Gasteiger charge is 2.22. The maximum absolute atomic E-state index is 13.0. The van der Waals surface area contributed by atoms with Gasteiger partial charge in [-0.1, -0.05) is 12.1 Å². The second kappa shape index (κ2) is 7.30. The molecule has 0 amide bonds. The van der Waals surface area contributed by atoms with Gasteiger partial charge in [-0.05, 0) is 67.2 Å². The molecule has 5 heteroatoms. The molecule has 1 aromatic carbocycles. The van der Waals surface area contributed by atoms with Gasteiger partial charge in [0.2, 0.25) is 5.91 Å². The summed E-state index contributed by atoms with van der Waals surface area (Å²) in [7, 11) is 1.64. The molecule has 1 N–H and O–H groups in total. The zero-order valence-corrected chi connectivity index (χ0v) is 14.9. The molecule has 1 aliphatic rings. The molecule has 0 radical (unpaired) electrons. The van der Waals surface area contributed by atoms with Crippen LogP contribution < -0.4 is 10.1 Å². The van der Waals surface area contributed by atoms with Crippen LogP contribution >= 0.6 is 0 Å². The van der Waals surface area contributed by atoms with Crippen LogP contribution in [0.25, 0.3) is 11.0 Å². The van der Waals surface area contributed by atoms with Crippen LogP contribution in [0.15, 0.2) is 48.8 Å². The fourth-order valence-corrected chi connectivity index (χ4v) is 3.72. The van der Waals surface area contributed by atoms with Gasteiger partial charge in [-0.3, -0.25) is 14.3 Å². The number of benzene rings is 1. The molecule has 4 rings (SSSR count). The Balaban J connectivity index is 1.65. The molecule has 0 spiro atoms. The number of carbonyl (C=O) groups is 1. The second-order valence-electron chi connectivity index (χ2n) is 6.77. The Morgan fingerprint density at radius 1 is 1.23 bits per heavy atom. The van der Waals surface area contributed by atoms with E-state index in [9.17, 15) is 4.79 Å². The lowest BCUT2D eigenvalue weighted by Crippen LogP contribution is -2.26. The smallest absolute Gasteiger partial charge is 0.235 e. The fraction of sp³-hybridized carbons (Fsp3) is 0.333. The molecule has 134 valence electrons. The average Bonchev–Trinajstić information content (AvgIpc) is 3.09. The molecule has 3 aromatic rings. The lowest BCUT2D eigenvalue weighted by atomic mass is 9.91. The second-order valence-corrected chi connectivity index (χ2v) is 6.77. The molecule has 1 saturated heterocycles. The summed E-state index contributed by atoms with van der Waals surface area (Å²) < 4.78 is 6.97. The molecular weight excluding hydrogens is 326 g/mol. The molecule has 0 bridgehead atoms. The van der Waals surface area contributed by atoms with Gasteiger partial charge in [0.05, 0.1) is 24.6 Å². The zero-order chi connectivity index (χ0) is 17.9. The number of carbonyl (C=O) groups excluding carboxylic acids is 1. The summed E-state index contributed by atoms with van der Waals surface area (Å²) in [6.07, 6.45) is 6.35. The number of ether oxygens (including phenoxy) is 1. The van der Waals surface area contributed by atoms with Crippen molar-refractivity contribution >= 4 is 16.9 Å². The molecule has 0 unspecified atom stereocenters. The van der Waals surface area contributed by atoms with E-state index in [0.717, 1.165) is 48.3 Å². The van der Waals surface area contributed by atoms with Crippen LogP contribution in [0, 0.1) is 0 Å². The van der Waals surface area contributed by atoms with Crippen LogP contribution in [0.1, 0.15) is 34.7 Å². The van der Waals surface area contributed by atoms with Gasteiger partial charge in [0.1, 0.15) is 5.75 Å². The Morgan fingerprint density at radius 3 is 2.73 bits per heavy atom. The SMILES string of the molecule is COc1ccc(CC(=O)n2cc(C3CCNCC3)c3ncccc32)cc1. The topological polar surface area (TPSA) is 56.1 Å². The molecule has 26 heavy (non-hydrogen) atoms. The molecule has 1 aliphatic heterocycles. The normalized spacial score (nSPS) is 15.3. The van der Waals surface area contributed by atoms with Gasteiger partial charge in [0.25, 0.3) is 0 Å². The van der Waals surface area contributed by atoms with Gasteiger partial charge in [-0.15, -0.1) is 0 Å². The molecule has 2 aromatic heterocycles. The lowest BCUT2D eigenvalue weighted by Gasteiger charge is -2.21. The van der Waals surface area contributed by atoms with E-state index in [1.807, 2.05) is 48.8 Å². The first-order chi connectivity index (χ1) is 12.8. The molecular formula is C21H23N3O2. The summed E-state index contributed by atoms with van der Waals surface area (Å²) in [4.78, 5) is 17.5. The Kier molecular flexibility index (Phi) is 4.71. The number of methoxy groups -OCH3 is 1. The van der Waals surface area contributed by atoms with Crippen LogP contribution in [0.4, 0.5) is 0 Å². The first-order valence-corrected chi connectivity index (χ1v) is 9.09. The van der Waals surface area contributed by atoms with Crippen molar-refractivity contribution < 1.29 is 9.53 Å². The number of piperidine rings is 1. The van der Waals surface area contributed by atoms with Gasteiger partial charge in [0.15, 0.2) is 0 Å². The number of aromatic nitrogens is 2. The standard InChI is InChI=1S/C21H23N3O2/c1-26-17-6-4-15(5-7-17)13-20(25)24-14-18(16-8-11-22-12-9-16)21-19(24)3-2-10-23-21/h2-7,10,14,16,22H,8-9,11-13H2,1H3. The van der Waals surface area contributed by atoms with Crippen molar-refractivity contribution in [1.82, 2.24) is 14.9 Å². The highest BCUT2D eigenvalue weighted by atomic mass is 16.5. The predicted molar refractivity (Wildman–Crippen MR) is 102 cm³/mol. The lowest BCUT2D eigenvalue weighted by molar-refractivity contribution is 0.0919. The van der Waals surface area contributed by atoms with Gasteiger partial charge in [-0.2, -0.15) is 0 Å². The molecule has 3 heterocycles. The minimum absolute atomic E-state index is 0.0633. The number of hydrogen-bond acceptors (Lipinski definition) is 4. The largest absolute Gasteiger partial charge is 0.497 e. The van der Waals surface area contributed by atoms with Crippen LogP contribution in [0.5, 0.6) is 5.75 Å². The number of nitrogens with zero attached hydrogens (tertiary/aromatic N) is 2. The van der Waals surface area contributed by atoms with Gasteiger partial charge in [0, 0.05) is 12.4 Å². The molecule has 0 atom stereocenters. The maximum atomic E-state index is 13.0. The predicted octanol–water partition coefficient (Wildman–Crippen LogP) is 3.39. The third-order valence-corrected chi connectivity index (χ3v) is 5.15. The van der Waals surface area contributed by atoms with Crippen molar-refractivity contribution in [1.29, 1.82) is 0 Å². The Morgan fingerprint density at radius 2 is 2.00 bits per heavy atom. The van der Waals surface area contributed by atoms with Crippen molar-refractivity contribution in [3.05, 3.63) is 59.9 Å². The Labute approximate surface area is 153 Å². The number of pyridine rings is 1. The summed E-state index contributed by atoms with van der Waals surface area (Å²) in [6.45, 7) is 2.04. The number of nitrogens with one attached hydrogen (secondary N) is 1. The van der Waals surface area contributed by atoms with E-state index in [4.69, 9.17) is 4.74 Å². The van der Waals surface area contributed by atoms with Crippen molar-refractivity contribution in [2.75, 3.05) is 20.2 Å². The Bertz CT molecular complexity index is 909.